The smallest absolute Gasteiger partial charge is 0.303 e. The molecular formula is C8H11N2O2. The molecule has 2 N–H and O–H groups in total. The van der Waals surface area contributed by atoms with Crippen molar-refractivity contribution in [1.29, 1.82) is 0 Å². The molecule has 1 radical (unpaired) electrons. The molecule has 0 unspecified atom stereocenters. The molecular weight excluding hydrogens is 156 g/mol. The molecule has 0 aromatic carbocycles. The highest BCUT2D eigenvalue weighted by atomic mass is 16.4. The summed E-state index contributed by atoms with van der Waals surface area (Å²) in [4.78, 5) is 16.9. The zero-order chi connectivity index (χ0) is 8.81. The van der Waals surface area contributed by atoms with Gasteiger partial charge in [0.25, 0.3) is 0 Å². The molecule has 1 aromatic heterocycles. The molecule has 0 saturated carbocycles. The molecule has 0 amide bonds. The van der Waals surface area contributed by atoms with Crippen LogP contribution in [0.4, 0.5) is 0 Å². The molecule has 4 heteroatoms. The summed E-state index contributed by atoms with van der Waals surface area (Å²) in [7, 11) is 0. The van der Waals surface area contributed by atoms with Crippen LogP contribution in [0.15, 0.2) is 6.20 Å². The summed E-state index contributed by atoms with van der Waals surface area (Å²) in [6.45, 7) is 0. The van der Waals surface area contributed by atoms with E-state index in [1.54, 1.807) is 6.20 Å². The van der Waals surface area contributed by atoms with E-state index in [1.165, 1.54) is 0 Å². The number of hydrogen-bond donors (Lipinski definition) is 2. The predicted octanol–water partition coefficient (Wildman–Crippen LogP) is 1.01. The number of aromatic nitrogens is 2. The Bertz CT molecular complexity index is 231. The van der Waals surface area contributed by atoms with E-state index in [0.29, 0.717) is 6.42 Å². The number of imidazole rings is 1. The minimum Gasteiger partial charge on any atom is -0.481 e. The first-order chi connectivity index (χ1) is 5.79. The maximum Gasteiger partial charge on any atom is 0.303 e. The van der Waals surface area contributed by atoms with Crippen molar-refractivity contribution in [1.82, 2.24) is 9.97 Å². The van der Waals surface area contributed by atoms with Gasteiger partial charge in [-0.25, -0.2) is 4.98 Å². The van der Waals surface area contributed by atoms with Crippen molar-refractivity contribution in [3.63, 3.8) is 0 Å². The number of carboxylic acid groups (broad SMARTS) is 1. The maximum absolute atomic E-state index is 10.1. The van der Waals surface area contributed by atoms with Crippen LogP contribution in [-0.2, 0) is 11.2 Å². The molecule has 0 fully saturated rings. The number of nitrogens with one attached hydrogen (secondary N) is 1. The number of carboxylic acids is 1. The number of H-pyrrole nitrogens is 1. The summed E-state index contributed by atoms with van der Waals surface area (Å²) in [5, 5.41) is 8.34. The average molecular weight is 167 g/mol. The minimum atomic E-state index is -0.735. The Labute approximate surface area is 70.6 Å². The number of rotatable bonds is 5. The standard InChI is InChI=1S/C8H11N2O2/c11-8(12)4-2-1-3-7-9-5-6-10-7/h5H,1-4H2,(H,9,10)(H,11,12). The molecule has 0 atom stereocenters. The number of carbonyl (C=O) groups is 1. The fourth-order valence-corrected chi connectivity index (χ4v) is 0.955. The summed E-state index contributed by atoms with van der Waals surface area (Å²) in [6.07, 6.45) is 6.90. The number of unbranched alkanes of at least 4 members (excludes halogenated alkanes) is 1. The van der Waals surface area contributed by atoms with Crippen LogP contribution >= 0.6 is 0 Å². The lowest BCUT2D eigenvalue weighted by Gasteiger charge is -1.94. The van der Waals surface area contributed by atoms with Crippen molar-refractivity contribution >= 4 is 5.97 Å². The van der Waals surface area contributed by atoms with Gasteiger partial charge in [-0.05, 0) is 12.8 Å². The molecule has 0 bridgehead atoms. The van der Waals surface area contributed by atoms with Gasteiger partial charge < -0.3 is 10.1 Å². The van der Waals surface area contributed by atoms with Crippen molar-refractivity contribution < 1.29 is 9.90 Å². The molecule has 0 aliphatic heterocycles. The van der Waals surface area contributed by atoms with Crippen LogP contribution < -0.4 is 0 Å². The maximum atomic E-state index is 10.1. The number of aliphatic carboxylic acids is 1. The van der Waals surface area contributed by atoms with E-state index in [0.717, 1.165) is 18.7 Å². The molecule has 0 aliphatic carbocycles. The van der Waals surface area contributed by atoms with E-state index < -0.39 is 5.97 Å². The largest absolute Gasteiger partial charge is 0.481 e. The van der Waals surface area contributed by atoms with E-state index in [4.69, 9.17) is 5.11 Å². The second kappa shape index (κ2) is 4.54. The van der Waals surface area contributed by atoms with E-state index >= 15 is 0 Å². The Morgan fingerprint density at radius 1 is 1.67 bits per heavy atom. The van der Waals surface area contributed by atoms with Gasteiger partial charge >= 0.3 is 5.97 Å². The van der Waals surface area contributed by atoms with Crippen molar-refractivity contribution in [3.8, 4) is 0 Å². The number of nitrogens with zero attached hydrogens (tertiary/aromatic N) is 1. The molecule has 1 rings (SSSR count). The summed E-state index contributed by atoms with van der Waals surface area (Å²) in [5.41, 5.74) is 0. The Kier molecular flexibility index (Phi) is 3.32. The van der Waals surface area contributed by atoms with Crippen LogP contribution in [0, 0.1) is 6.20 Å². The lowest BCUT2D eigenvalue weighted by molar-refractivity contribution is -0.137. The van der Waals surface area contributed by atoms with Crippen LogP contribution in [-0.4, -0.2) is 21.0 Å². The molecule has 0 spiro atoms. The van der Waals surface area contributed by atoms with E-state index in [9.17, 15) is 4.79 Å². The Morgan fingerprint density at radius 2 is 2.50 bits per heavy atom. The number of aryl methyl sites for hydroxylation is 1. The van der Waals surface area contributed by atoms with Gasteiger partial charge in [0.2, 0.25) is 0 Å². The van der Waals surface area contributed by atoms with Crippen LogP contribution in [0.3, 0.4) is 0 Å². The monoisotopic (exact) mass is 167 g/mol. The van der Waals surface area contributed by atoms with Crippen molar-refractivity contribution in [2.24, 2.45) is 0 Å². The van der Waals surface area contributed by atoms with Crippen LogP contribution in [0.5, 0.6) is 0 Å². The van der Waals surface area contributed by atoms with E-state index in [1.807, 2.05) is 0 Å². The van der Waals surface area contributed by atoms with Gasteiger partial charge in [-0.15, -0.1) is 0 Å². The summed E-state index contributed by atoms with van der Waals surface area (Å²) < 4.78 is 0. The highest BCUT2D eigenvalue weighted by Gasteiger charge is 1.98. The topological polar surface area (TPSA) is 66.0 Å². The van der Waals surface area contributed by atoms with E-state index in [-0.39, 0.29) is 6.42 Å². The van der Waals surface area contributed by atoms with Crippen LogP contribution in [0.25, 0.3) is 0 Å². The van der Waals surface area contributed by atoms with Gasteiger partial charge in [0.15, 0.2) is 0 Å². The first kappa shape index (κ1) is 8.77. The van der Waals surface area contributed by atoms with Gasteiger partial charge in [-0.2, -0.15) is 0 Å². The Balaban J connectivity index is 2.07. The zero-order valence-corrected chi connectivity index (χ0v) is 6.71. The molecule has 1 aromatic rings. The van der Waals surface area contributed by atoms with Gasteiger partial charge in [0.05, 0.1) is 0 Å². The fourth-order valence-electron chi connectivity index (χ4n) is 0.955. The zero-order valence-electron chi connectivity index (χ0n) is 6.71. The summed E-state index contributed by atoms with van der Waals surface area (Å²) >= 11 is 0. The SMILES string of the molecule is O=C(O)CCCCc1n[c]c[nH]1. The van der Waals surface area contributed by atoms with Crippen molar-refractivity contribution in [2.75, 3.05) is 0 Å². The molecule has 12 heavy (non-hydrogen) atoms. The lowest BCUT2D eigenvalue weighted by Crippen LogP contribution is -1.95. The molecule has 0 aliphatic rings. The third-order valence-corrected chi connectivity index (χ3v) is 1.56. The predicted molar refractivity (Wildman–Crippen MR) is 42.6 cm³/mol. The summed E-state index contributed by atoms with van der Waals surface area (Å²) in [5.74, 6) is 0.140. The van der Waals surface area contributed by atoms with Crippen molar-refractivity contribution in [3.05, 3.63) is 18.2 Å². The average Bonchev–Trinajstić information content (AvgIpc) is 2.49. The third kappa shape index (κ3) is 3.18. The first-order valence-corrected chi connectivity index (χ1v) is 3.91. The van der Waals surface area contributed by atoms with E-state index in [2.05, 4.69) is 16.2 Å². The Hall–Kier alpha value is -1.32. The van der Waals surface area contributed by atoms with Crippen LogP contribution in [0.2, 0.25) is 0 Å². The van der Waals surface area contributed by atoms with Crippen LogP contribution in [0.1, 0.15) is 25.1 Å². The van der Waals surface area contributed by atoms with Crippen molar-refractivity contribution in [2.45, 2.75) is 25.7 Å². The normalized spacial score (nSPS) is 10.0. The minimum absolute atomic E-state index is 0.240. The second-order valence-corrected chi connectivity index (χ2v) is 2.58. The molecule has 1 heterocycles. The molecule has 65 valence electrons. The summed E-state index contributed by atoms with van der Waals surface area (Å²) in [6, 6.07) is 0. The second-order valence-electron chi connectivity index (χ2n) is 2.58. The fraction of sp³-hybridized carbons (Fsp3) is 0.500. The number of hydrogen-bond acceptors (Lipinski definition) is 2. The van der Waals surface area contributed by atoms with Gasteiger partial charge in [-0.1, -0.05) is 0 Å². The quantitative estimate of drug-likeness (QED) is 0.643. The van der Waals surface area contributed by atoms with Gasteiger partial charge in [0.1, 0.15) is 12.0 Å². The number of aromatic amines is 1. The third-order valence-electron chi connectivity index (χ3n) is 1.56. The first-order valence-electron chi connectivity index (χ1n) is 3.91. The van der Waals surface area contributed by atoms with Gasteiger partial charge in [-0.3, -0.25) is 4.79 Å². The lowest BCUT2D eigenvalue weighted by atomic mass is 10.2. The Morgan fingerprint density at radius 3 is 3.08 bits per heavy atom. The van der Waals surface area contributed by atoms with Gasteiger partial charge in [0, 0.05) is 19.0 Å². The highest BCUT2D eigenvalue weighted by Crippen LogP contribution is 2.00. The molecule has 4 nitrogen and oxygen atoms in total. The highest BCUT2D eigenvalue weighted by molar-refractivity contribution is 5.66. The molecule has 0 saturated heterocycles.